The molecule has 2 atom stereocenters. The van der Waals surface area contributed by atoms with Crippen LogP contribution < -0.4 is 10.1 Å². The number of rotatable bonds is 5. The van der Waals surface area contributed by atoms with E-state index in [1.807, 2.05) is 37.3 Å². The molecule has 0 bridgehead atoms. The van der Waals surface area contributed by atoms with Crippen LogP contribution in [0.15, 0.2) is 76.2 Å². The second-order valence-electron chi connectivity index (χ2n) is 7.08. The van der Waals surface area contributed by atoms with Crippen LogP contribution in [0.25, 0.3) is 0 Å². The van der Waals surface area contributed by atoms with Gasteiger partial charge in [-0.3, -0.25) is 10.3 Å². The zero-order valence-electron chi connectivity index (χ0n) is 16.5. The second kappa shape index (κ2) is 8.98. The first kappa shape index (κ1) is 20.6. The third kappa shape index (κ3) is 4.40. The van der Waals surface area contributed by atoms with Gasteiger partial charge in [-0.2, -0.15) is 0 Å². The number of hydrogen-bond donors (Lipinski definition) is 2. The van der Waals surface area contributed by atoms with Crippen molar-refractivity contribution in [2.24, 2.45) is 4.99 Å². The maximum absolute atomic E-state index is 14.5. The molecule has 4 nitrogen and oxygen atoms in total. The fourth-order valence-corrected chi connectivity index (χ4v) is 4.03. The number of nitrogens with zero attached hydrogens (tertiary/aromatic N) is 1. The molecule has 0 unspecified atom stereocenters. The highest BCUT2D eigenvalue weighted by atomic mass is 79.9. The van der Waals surface area contributed by atoms with E-state index >= 15 is 0 Å². The van der Waals surface area contributed by atoms with Gasteiger partial charge in [-0.1, -0.05) is 34.1 Å². The highest BCUT2D eigenvalue weighted by molar-refractivity contribution is 9.10. The van der Waals surface area contributed by atoms with Gasteiger partial charge in [0.2, 0.25) is 0 Å². The highest BCUT2D eigenvalue weighted by Gasteiger charge is 2.29. The topological polar surface area (TPSA) is 53.8 Å². The summed E-state index contributed by atoms with van der Waals surface area (Å²) >= 11 is 3.47. The quantitative estimate of drug-likeness (QED) is 0.488. The smallest absolute Gasteiger partial charge is 0.129 e. The number of phenolic OH excluding ortho intramolecular Hbond substituents is 1. The number of hydrogen-bond acceptors (Lipinski definition) is 4. The Kier molecular flexibility index (Phi) is 6.16. The SMILES string of the molecule is CCOc1ccc(C2=N[C@@H](c3ccccc3F)N[C@@H](c3cc(Br)ccc3O)C2)cc1. The van der Waals surface area contributed by atoms with E-state index in [1.165, 1.54) is 6.07 Å². The molecule has 1 aliphatic heterocycles. The van der Waals surface area contributed by atoms with Gasteiger partial charge >= 0.3 is 0 Å². The van der Waals surface area contributed by atoms with Crippen molar-refractivity contribution in [2.45, 2.75) is 25.6 Å². The summed E-state index contributed by atoms with van der Waals surface area (Å²) in [4.78, 5) is 4.82. The minimum absolute atomic E-state index is 0.191. The number of phenols is 1. The Morgan fingerprint density at radius 3 is 2.60 bits per heavy atom. The maximum Gasteiger partial charge on any atom is 0.129 e. The van der Waals surface area contributed by atoms with Crippen LogP contribution in [0.5, 0.6) is 11.5 Å². The van der Waals surface area contributed by atoms with Crippen LogP contribution in [0, 0.1) is 5.82 Å². The Balaban J connectivity index is 1.75. The summed E-state index contributed by atoms with van der Waals surface area (Å²) in [7, 11) is 0. The summed E-state index contributed by atoms with van der Waals surface area (Å²) in [5.41, 5.74) is 3.00. The molecule has 0 radical (unpaired) electrons. The third-order valence-corrected chi connectivity index (χ3v) is 5.60. The Labute approximate surface area is 183 Å². The Morgan fingerprint density at radius 2 is 1.87 bits per heavy atom. The molecule has 0 aromatic heterocycles. The number of ether oxygens (including phenoxy) is 1. The van der Waals surface area contributed by atoms with E-state index in [-0.39, 0.29) is 17.6 Å². The van der Waals surface area contributed by atoms with Gasteiger partial charge in [-0.25, -0.2) is 4.39 Å². The molecule has 2 N–H and O–H groups in total. The van der Waals surface area contributed by atoms with E-state index < -0.39 is 6.17 Å². The van der Waals surface area contributed by atoms with Crippen LogP contribution in [0.3, 0.4) is 0 Å². The van der Waals surface area contributed by atoms with Crippen molar-refractivity contribution in [1.29, 1.82) is 0 Å². The van der Waals surface area contributed by atoms with Gasteiger partial charge in [-0.15, -0.1) is 0 Å². The van der Waals surface area contributed by atoms with Gasteiger partial charge in [0, 0.05) is 33.8 Å². The van der Waals surface area contributed by atoms with Crippen molar-refractivity contribution >= 4 is 21.6 Å². The van der Waals surface area contributed by atoms with E-state index in [0.29, 0.717) is 18.6 Å². The molecular weight excluding hydrogens is 447 g/mol. The van der Waals surface area contributed by atoms with Crippen LogP contribution in [-0.2, 0) is 0 Å². The maximum atomic E-state index is 14.5. The first-order valence-corrected chi connectivity index (χ1v) is 10.6. The van der Waals surface area contributed by atoms with Gasteiger partial charge in [0.15, 0.2) is 0 Å². The Hall–Kier alpha value is -2.70. The largest absolute Gasteiger partial charge is 0.508 e. The Bertz CT molecular complexity index is 1070. The summed E-state index contributed by atoms with van der Waals surface area (Å²) in [5.74, 6) is 0.669. The number of benzene rings is 3. The zero-order chi connectivity index (χ0) is 21.1. The number of aromatic hydroxyl groups is 1. The molecular formula is C24H22BrFN2O2. The molecule has 30 heavy (non-hydrogen) atoms. The minimum atomic E-state index is -0.565. The standard InChI is InChI=1S/C24H22BrFN2O2/c1-2-30-17-10-7-15(8-11-17)21-14-22(19-13-16(25)9-12-23(19)29)28-24(27-21)18-5-3-4-6-20(18)26/h3-13,22,24,28-29H,2,14H2,1H3/t22-,24-/m1/s1. The van der Waals surface area contributed by atoms with Crippen LogP contribution in [0.2, 0.25) is 0 Å². The number of aliphatic imine (C=N–C) groups is 1. The normalized spacial score (nSPS) is 18.7. The van der Waals surface area contributed by atoms with E-state index in [4.69, 9.17) is 9.73 Å². The van der Waals surface area contributed by atoms with Crippen molar-refractivity contribution in [3.05, 3.63) is 93.7 Å². The molecule has 3 aromatic rings. The molecule has 0 fully saturated rings. The van der Waals surface area contributed by atoms with Crippen LogP contribution >= 0.6 is 15.9 Å². The lowest BCUT2D eigenvalue weighted by molar-refractivity contribution is 0.340. The van der Waals surface area contributed by atoms with Crippen LogP contribution in [-0.4, -0.2) is 17.4 Å². The van der Waals surface area contributed by atoms with E-state index in [1.54, 1.807) is 30.3 Å². The average Bonchev–Trinajstić information content (AvgIpc) is 2.76. The van der Waals surface area contributed by atoms with Gasteiger partial charge in [0.05, 0.1) is 6.61 Å². The molecule has 0 saturated carbocycles. The first-order chi connectivity index (χ1) is 14.5. The molecule has 0 saturated heterocycles. The molecule has 154 valence electrons. The van der Waals surface area contributed by atoms with E-state index in [0.717, 1.165) is 27.1 Å². The summed E-state index contributed by atoms with van der Waals surface area (Å²) in [6.45, 7) is 2.54. The van der Waals surface area contributed by atoms with Crippen molar-refractivity contribution in [3.8, 4) is 11.5 Å². The molecule has 1 heterocycles. The number of nitrogens with one attached hydrogen (secondary N) is 1. The van der Waals surface area contributed by atoms with Crippen LogP contribution in [0.1, 0.15) is 42.2 Å². The summed E-state index contributed by atoms with van der Waals surface area (Å²) in [6.07, 6.45) is -0.00643. The van der Waals surface area contributed by atoms with Gasteiger partial charge in [-0.05, 0) is 61.0 Å². The molecule has 3 aromatic carbocycles. The zero-order valence-corrected chi connectivity index (χ0v) is 18.1. The molecule has 0 aliphatic carbocycles. The van der Waals surface area contributed by atoms with Crippen molar-refractivity contribution in [1.82, 2.24) is 5.32 Å². The first-order valence-electron chi connectivity index (χ1n) is 9.84. The lowest BCUT2D eigenvalue weighted by atomic mass is 9.93. The van der Waals surface area contributed by atoms with E-state index in [9.17, 15) is 9.50 Å². The fraction of sp³-hybridized carbons (Fsp3) is 0.208. The molecule has 0 amide bonds. The van der Waals surface area contributed by atoms with Gasteiger partial charge in [0.1, 0.15) is 23.5 Å². The summed E-state index contributed by atoms with van der Waals surface area (Å²) in [6, 6.07) is 19.5. The van der Waals surface area contributed by atoms with Gasteiger partial charge < -0.3 is 9.84 Å². The molecule has 0 spiro atoms. The van der Waals surface area contributed by atoms with E-state index in [2.05, 4.69) is 21.2 Å². The predicted octanol–water partition coefficient (Wildman–Crippen LogP) is 5.92. The van der Waals surface area contributed by atoms with Crippen LogP contribution in [0.4, 0.5) is 4.39 Å². The lowest BCUT2D eigenvalue weighted by Crippen LogP contribution is -2.33. The number of halogens is 2. The Morgan fingerprint density at radius 1 is 1.10 bits per heavy atom. The highest BCUT2D eigenvalue weighted by Crippen LogP contribution is 2.36. The predicted molar refractivity (Wildman–Crippen MR) is 120 cm³/mol. The molecule has 4 rings (SSSR count). The second-order valence-corrected chi connectivity index (χ2v) is 8.00. The lowest BCUT2D eigenvalue weighted by Gasteiger charge is -2.31. The minimum Gasteiger partial charge on any atom is -0.508 e. The summed E-state index contributed by atoms with van der Waals surface area (Å²) in [5, 5.41) is 13.9. The third-order valence-electron chi connectivity index (χ3n) is 5.10. The van der Waals surface area contributed by atoms with Gasteiger partial charge in [0.25, 0.3) is 0 Å². The monoisotopic (exact) mass is 468 g/mol. The summed E-state index contributed by atoms with van der Waals surface area (Å²) < 4.78 is 20.9. The molecule has 6 heteroatoms. The van der Waals surface area contributed by atoms with Crippen molar-refractivity contribution in [2.75, 3.05) is 6.61 Å². The molecule has 1 aliphatic rings. The average molecular weight is 469 g/mol. The fourth-order valence-electron chi connectivity index (χ4n) is 3.65. The van der Waals surface area contributed by atoms with Crippen molar-refractivity contribution < 1.29 is 14.2 Å². The van der Waals surface area contributed by atoms with Crippen molar-refractivity contribution in [3.63, 3.8) is 0 Å².